The summed E-state index contributed by atoms with van der Waals surface area (Å²) in [4.78, 5) is 2.59. The maximum Gasteiger partial charge on any atom is 0.210 e. The monoisotopic (exact) mass is 553 g/mol. The molecule has 2 heterocycles. The molecule has 2 heteroatoms. The van der Waals surface area contributed by atoms with Crippen LogP contribution < -0.4 is 4.90 Å². The van der Waals surface area contributed by atoms with Gasteiger partial charge in [-0.1, -0.05) is 99.0 Å². The highest BCUT2D eigenvalue weighted by Crippen LogP contribution is 2.51. The molecular formula is C40H45N2+. The summed E-state index contributed by atoms with van der Waals surface area (Å²) in [5, 5.41) is 2.69. The van der Waals surface area contributed by atoms with Crippen molar-refractivity contribution in [3.8, 4) is 0 Å². The van der Waals surface area contributed by atoms with Gasteiger partial charge in [-0.15, -0.1) is 0 Å². The molecule has 0 bridgehead atoms. The van der Waals surface area contributed by atoms with E-state index in [0.717, 1.165) is 13.1 Å². The molecule has 4 aromatic rings. The molecule has 0 atom stereocenters. The molecular weight excluding hydrogens is 508 g/mol. The fourth-order valence-electron chi connectivity index (χ4n) is 7.28. The molecule has 0 amide bonds. The van der Waals surface area contributed by atoms with Crippen LogP contribution in [0.4, 0.5) is 11.4 Å². The van der Waals surface area contributed by atoms with Crippen molar-refractivity contribution >= 4 is 27.9 Å². The molecule has 0 spiro atoms. The SMILES string of the molecule is CCCCN1/C(=C/C=C/C2=[N+](Cc3cccc(C)c3)c3ccc(C)cc3C2(C)C)C(C)(C)c2c1ccc1ccccc21. The lowest BCUT2D eigenvalue weighted by Gasteiger charge is -2.27. The van der Waals surface area contributed by atoms with Crippen LogP contribution in [-0.4, -0.2) is 16.8 Å². The highest BCUT2D eigenvalue weighted by atomic mass is 15.2. The van der Waals surface area contributed by atoms with Gasteiger partial charge in [-0.25, -0.2) is 0 Å². The van der Waals surface area contributed by atoms with Crippen molar-refractivity contribution in [3.63, 3.8) is 0 Å². The average molecular weight is 554 g/mol. The average Bonchev–Trinajstić information content (AvgIpc) is 3.30. The van der Waals surface area contributed by atoms with Gasteiger partial charge in [0.15, 0.2) is 12.3 Å². The van der Waals surface area contributed by atoms with Gasteiger partial charge < -0.3 is 4.90 Å². The third kappa shape index (κ3) is 4.71. The highest BCUT2D eigenvalue weighted by Gasteiger charge is 2.45. The van der Waals surface area contributed by atoms with Crippen LogP contribution >= 0.6 is 0 Å². The highest BCUT2D eigenvalue weighted by molar-refractivity contribution is 6.03. The van der Waals surface area contributed by atoms with Gasteiger partial charge in [0.25, 0.3) is 0 Å². The fourth-order valence-corrected chi connectivity index (χ4v) is 7.28. The molecule has 6 rings (SSSR count). The Morgan fingerprint density at radius 3 is 2.38 bits per heavy atom. The molecule has 0 aliphatic carbocycles. The number of aryl methyl sites for hydroxylation is 2. The molecule has 0 N–H and O–H groups in total. The van der Waals surface area contributed by atoms with Crippen molar-refractivity contribution in [2.24, 2.45) is 0 Å². The van der Waals surface area contributed by atoms with E-state index in [0.29, 0.717) is 0 Å². The van der Waals surface area contributed by atoms with Gasteiger partial charge in [-0.2, -0.15) is 4.58 Å². The summed E-state index contributed by atoms with van der Waals surface area (Å²) >= 11 is 0. The molecule has 2 nitrogen and oxygen atoms in total. The van der Waals surface area contributed by atoms with Gasteiger partial charge in [-0.3, -0.25) is 0 Å². The van der Waals surface area contributed by atoms with E-state index in [1.54, 1.807) is 0 Å². The molecule has 0 radical (unpaired) electrons. The normalized spacial score (nSPS) is 18.0. The van der Waals surface area contributed by atoms with E-state index < -0.39 is 0 Å². The Morgan fingerprint density at radius 1 is 0.810 bits per heavy atom. The summed E-state index contributed by atoms with van der Waals surface area (Å²) in [5.41, 5.74) is 12.1. The van der Waals surface area contributed by atoms with E-state index >= 15 is 0 Å². The summed E-state index contributed by atoms with van der Waals surface area (Å²) in [7, 11) is 0. The second kappa shape index (κ2) is 10.7. The lowest BCUT2D eigenvalue weighted by molar-refractivity contribution is -0.455. The first-order valence-corrected chi connectivity index (χ1v) is 15.6. The molecule has 0 fully saturated rings. The van der Waals surface area contributed by atoms with E-state index in [2.05, 4.69) is 155 Å². The van der Waals surface area contributed by atoms with E-state index in [1.807, 2.05) is 0 Å². The lowest BCUT2D eigenvalue weighted by Crippen LogP contribution is -2.28. The lowest BCUT2D eigenvalue weighted by atomic mass is 9.80. The van der Waals surface area contributed by atoms with Crippen molar-refractivity contribution in [2.75, 3.05) is 11.4 Å². The van der Waals surface area contributed by atoms with Crippen LogP contribution in [0, 0.1) is 13.8 Å². The molecule has 42 heavy (non-hydrogen) atoms. The van der Waals surface area contributed by atoms with Crippen LogP contribution in [-0.2, 0) is 17.4 Å². The van der Waals surface area contributed by atoms with Gasteiger partial charge in [0.2, 0.25) is 5.69 Å². The minimum Gasteiger partial charge on any atom is -0.344 e. The van der Waals surface area contributed by atoms with Crippen LogP contribution in [0.25, 0.3) is 10.8 Å². The van der Waals surface area contributed by atoms with E-state index in [9.17, 15) is 0 Å². The van der Waals surface area contributed by atoms with E-state index in [-0.39, 0.29) is 10.8 Å². The van der Waals surface area contributed by atoms with E-state index in [4.69, 9.17) is 0 Å². The molecule has 0 saturated heterocycles. The van der Waals surface area contributed by atoms with Gasteiger partial charge in [0.1, 0.15) is 0 Å². The number of nitrogens with zero attached hydrogens (tertiary/aromatic N) is 2. The predicted molar refractivity (Wildman–Crippen MR) is 180 cm³/mol. The van der Waals surface area contributed by atoms with Crippen LogP contribution in [0.2, 0.25) is 0 Å². The van der Waals surface area contributed by atoms with Crippen LogP contribution in [0.5, 0.6) is 0 Å². The number of hydrogen-bond acceptors (Lipinski definition) is 1. The minimum atomic E-state index is -0.0918. The summed E-state index contributed by atoms with van der Waals surface area (Å²) < 4.78 is 2.54. The van der Waals surface area contributed by atoms with Gasteiger partial charge >= 0.3 is 0 Å². The Balaban J connectivity index is 1.46. The Morgan fingerprint density at radius 2 is 1.60 bits per heavy atom. The van der Waals surface area contributed by atoms with Crippen molar-refractivity contribution in [1.82, 2.24) is 0 Å². The number of fused-ring (bicyclic) bond motifs is 4. The third-order valence-corrected chi connectivity index (χ3v) is 9.47. The zero-order valence-corrected chi connectivity index (χ0v) is 26.5. The predicted octanol–water partition coefficient (Wildman–Crippen LogP) is 10.1. The number of unbranched alkanes of at least 4 members (excludes halogenated alkanes) is 1. The quantitative estimate of drug-likeness (QED) is 0.206. The van der Waals surface area contributed by atoms with Crippen molar-refractivity contribution in [2.45, 2.75) is 78.7 Å². The molecule has 2 aliphatic heterocycles. The Kier molecular flexibility index (Phi) is 7.21. The van der Waals surface area contributed by atoms with E-state index in [1.165, 1.54) is 74.2 Å². The fraction of sp³-hybridized carbons (Fsp3) is 0.325. The number of hydrogen-bond donors (Lipinski definition) is 0. The molecule has 0 saturated carbocycles. The third-order valence-electron chi connectivity index (χ3n) is 9.47. The van der Waals surface area contributed by atoms with Crippen LogP contribution in [0.3, 0.4) is 0 Å². The molecule has 2 aliphatic rings. The molecule has 4 aromatic carbocycles. The molecule has 0 aromatic heterocycles. The zero-order valence-electron chi connectivity index (χ0n) is 26.5. The Hall–Kier alpha value is -3.91. The standard InChI is InChI=1S/C40H45N2/c1-8-9-24-41-35-23-21-31-16-10-11-17-32(31)38(35)40(6,7)37(41)19-13-18-36-39(4,5)33-26-29(3)20-22-34(33)42(36)27-30-15-12-14-28(2)25-30/h10-23,25-26H,8-9,24,27H2,1-7H3/q+1. The number of rotatable bonds is 7. The number of allylic oxidation sites excluding steroid dienone is 4. The maximum atomic E-state index is 2.59. The number of anilines is 1. The molecule has 0 unspecified atom stereocenters. The Bertz CT molecular complexity index is 1760. The van der Waals surface area contributed by atoms with Crippen molar-refractivity contribution in [3.05, 3.63) is 131 Å². The van der Waals surface area contributed by atoms with Gasteiger partial charge in [-0.05, 0) is 74.7 Å². The largest absolute Gasteiger partial charge is 0.344 e. The van der Waals surface area contributed by atoms with Crippen molar-refractivity contribution in [1.29, 1.82) is 0 Å². The summed E-state index contributed by atoms with van der Waals surface area (Å²) in [6.45, 7) is 18.1. The van der Waals surface area contributed by atoms with Gasteiger partial charge in [0, 0.05) is 46.6 Å². The topological polar surface area (TPSA) is 6.25 Å². The first-order chi connectivity index (χ1) is 20.1. The van der Waals surface area contributed by atoms with Gasteiger partial charge in [0.05, 0.1) is 5.41 Å². The first-order valence-electron chi connectivity index (χ1n) is 15.6. The maximum absolute atomic E-state index is 2.59. The smallest absolute Gasteiger partial charge is 0.210 e. The first kappa shape index (κ1) is 28.2. The second-order valence-electron chi connectivity index (χ2n) is 13.3. The summed E-state index contributed by atoms with van der Waals surface area (Å²) in [5.74, 6) is 0. The summed E-state index contributed by atoms with van der Waals surface area (Å²) in [6, 6.07) is 29.4. The van der Waals surface area contributed by atoms with Crippen LogP contribution in [0.1, 0.15) is 75.3 Å². The Labute approximate surface area is 252 Å². The van der Waals surface area contributed by atoms with Crippen LogP contribution in [0.15, 0.2) is 103 Å². The number of benzene rings is 4. The second-order valence-corrected chi connectivity index (χ2v) is 13.3. The minimum absolute atomic E-state index is 0.0908. The molecule has 214 valence electrons. The summed E-state index contributed by atoms with van der Waals surface area (Å²) in [6.07, 6.45) is 9.45. The van der Waals surface area contributed by atoms with Crippen molar-refractivity contribution < 1.29 is 4.58 Å². The zero-order chi connectivity index (χ0) is 29.6.